The smallest absolute Gasteiger partial charge is 0.313 e. The van der Waals surface area contributed by atoms with E-state index < -0.39 is 23.3 Å². The number of carboxylic acid groups (broad SMARTS) is 1. The lowest BCUT2D eigenvalue weighted by atomic mass is 9.88. The van der Waals surface area contributed by atoms with E-state index in [-0.39, 0.29) is 25.0 Å². The number of nitrogens with zero attached hydrogens (tertiary/aromatic N) is 1. The Labute approximate surface area is 164 Å². The number of likely N-dealkylation sites (tertiary alicyclic amines) is 1. The normalized spacial score (nSPS) is 20.1. The first-order valence-corrected chi connectivity index (χ1v) is 9.20. The first kappa shape index (κ1) is 21.7. The van der Waals surface area contributed by atoms with Gasteiger partial charge in [-0.3, -0.25) is 14.4 Å². The lowest BCUT2D eigenvalue weighted by Gasteiger charge is -2.28. The summed E-state index contributed by atoms with van der Waals surface area (Å²) in [4.78, 5) is 39.0. The zero-order valence-corrected chi connectivity index (χ0v) is 16.7. The van der Waals surface area contributed by atoms with Gasteiger partial charge in [0.1, 0.15) is 17.2 Å². The highest BCUT2D eigenvalue weighted by atomic mass is 16.5. The number of aliphatic carboxylic acids is 1. The fraction of sp³-hybridized carbons (Fsp3) is 0.550. The van der Waals surface area contributed by atoms with Crippen LogP contribution in [0.15, 0.2) is 24.3 Å². The number of nitrogens with one attached hydrogen (secondary N) is 1. The molecule has 0 saturated carbocycles. The largest absolute Gasteiger partial charge is 0.496 e. The molecule has 2 amide bonds. The van der Waals surface area contributed by atoms with E-state index in [1.807, 2.05) is 13.8 Å². The van der Waals surface area contributed by atoms with Crippen LogP contribution in [0.1, 0.15) is 30.6 Å². The second-order valence-corrected chi connectivity index (χ2v) is 7.42. The molecule has 0 radical (unpaired) electrons. The number of hydrogen-bond acceptors (Lipinski definition) is 5. The predicted molar refractivity (Wildman–Crippen MR) is 102 cm³/mol. The van der Waals surface area contributed by atoms with Gasteiger partial charge in [0.05, 0.1) is 19.3 Å². The summed E-state index contributed by atoms with van der Waals surface area (Å²) < 4.78 is 10.3. The van der Waals surface area contributed by atoms with Crippen molar-refractivity contribution >= 4 is 17.8 Å². The van der Waals surface area contributed by atoms with Gasteiger partial charge in [-0.25, -0.2) is 0 Å². The maximum atomic E-state index is 13.1. The maximum absolute atomic E-state index is 13.1. The number of hydrogen-bond donors (Lipinski definition) is 2. The van der Waals surface area contributed by atoms with Crippen molar-refractivity contribution in [3.8, 4) is 5.75 Å². The lowest BCUT2D eigenvalue weighted by molar-refractivity contribution is -0.151. The molecule has 2 atom stereocenters. The number of para-hydroxylation sites is 1. The zero-order chi connectivity index (χ0) is 20.9. The predicted octanol–water partition coefficient (Wildman–Crippen LogP) is 1.40. The highest BCUT2D eigenvalue weighted by molar-refractivity contribution is 5.99. The summed E-state index contributed by atoms with van der Waals surface area (Å²) in [6.07, 6.45) is 0.313. The summed E-state index contributed by atoms with van der Waals surface area (Å²) in [6.45, 7) is 4.07. The van der Waals surface area contributed by atoms with Crippen LogP contribution in [-0.4, -0.2) is 67.7 Å². The molecule has 1 saturated heterocycles. The number of amides is 2. The van der Waals surface area contributed by atoms with E-state index >= 15 is 0 Å². The van der Waals surface area contributed by atoms with Crippen molar-refractivity contribution < 1.29 is 29.0 Å². The molecule has 28 heavy (non-hydrogen) atoms. The first-order valence-electron chi connectivity index (χ1n) is 9.20. The number of carboxylic acids is 1. The summed E-state index contributed by atoms with van der Waals surface area (Å²) in [5.41, 5.74) is -0.775. The molecule has 154 valence electrons. The van der Waals surface area contributed by atoms with Crippen LogP contribution >= 0.6 is 0 Å². The van der Waals surface area contributed by atoms with Crippen molar-refractivity contribution in [1.82, 2.24) is 10.2 Å². The molecule has 2 rings (SSSR count). The standard InChI is InChI=1S/C20H28N2O6/c1-13(2)16(21-17(23)14-7-5-6-8-15(14)28-4)18(24)22-10-9-20(11-22,12-27-3)19(25)26/h5-8,13,16H,9-12H2,1-4H3,(H,21,23)(H,25,26). The fourth-order valence-electron chi connectivity index (χ4n) is 3.45. The van der Waals surface area contributed by atoms with Gasteiger partial charge < -0.3 is 24.8 Å². The number of rotatable bonds is 8. The number of ether oxygens (including phenoxy) is 2. The van der Waals surface area contributed by atoms with Crippen molar-refractivity contribution in [1.29, 1.82) is 0 Å². The minimum absolute atomic E-state index is 0.0338. The van der Waals surface area contributed by atoms with Crippen LogP contribution in [0.2, 0.25) is 0 Å². The van der Waals surface area contributed by atoms with Crippen LogP contribution in [-0.2, 0) is 14.3 Å². The second-order valence-electron chi connectivity index (χ2n) is 7.42. The highest BCUT2D eigenvalue weighted by Gasteiger charge is 2.47. The summed E-state index contributed by atoms with van der Waals surface area (Å²) in [7, 11) is 2.92. The molecule has 1 aromatic rings. The average Bonchev–Trinajstić information content (AvgIpc) is 3.11. The summed E-state index contributed by atoms with van der Waals surface area (Å²) in [5, 5.41) is 12.4. The molecule has 0 spiro atoms. The second kappa shape index (κ2) is 9.05. The van der Waals surface area contributed by atoms with Crippen LogP contribution in [0, 0.1) is 11.3 Å². The van der Waals surface area contributed by atoms with E-state index in [2.05, 4.69) is 5.32 Å². The molecule has 1 heterocycles. The van der Waals surface area contributed by atoms with Crippen molar-refractivity contribution in [2.75, 3.05) is 33.9 Å². The molecule has 0 bridgehead atoms. The van der Waals surface area contributed by atoms with Gasteiger partial charge in [0, 0.05) is 20.2 Å². The van der Waals surface area contributed by atoms with Crippen LogP contribution in [0.5, 0.6) is 5.75 Å². The van der Waals surface area contributed by atoms with Crippen LogP contribution in [0.25, 0.3) is 0 Å². The Balaban J connectivity index is 2.17. The molecule has 1 fully saturated rings. The minimum Gasteiger partial charge on any atom is -0.496 e. The molecule has 1 aromatic carbocycles. The third-order valence-electron chi connectivity index (χ3n) is 5.11. The summed E-state index contributed by atoms with van der Waals surface area (Å²) >= 11 is 0. The van der Waals surface area contributed by atoms with Gasteiger partial charge in [-0.2, -0.15) is 0 Å². The van der Waals surface area contributed by atoms with E-state index in [9.17, 15) is 19.5 Å². The fourth-order valence-corrected chi connectivity index (χ4v) is 3.45. The van der Waals surface area contributed by atoms with Gasteiger partial charge in [0.15, 0.2) is 0 Å². The quantitative estimate of drug-likeness (QED) is 0.693. The van der Waals surface area contributed by atoms with E-state index in [1.54, 1.807) is 24.3 Å². The Morgan fingerprint density at radius 2 is 1.93 bits per heavy atom. The third kappa shape index (κ3) is 4.44. The van der Waals surface area contributed by atoms with Gasteiger partial charge in [-0.05, 0) is 24.5 Å². The van der Waals surface area contributed by atoms with Crippen molar-refractivity contribution in [2.45, 2.75) is 26.3 Å². The van der Waals surface area contributed by atoms with Crippen molar-refractivity contribution in [2.24, 2.45) is 11.3 Å². The number of methoxy groups -OCH3 is 2. The summed E-state index contributed by atoms with van der Waals surface area (Å²) in [6, 6.07) is 6.00. The number of carbonyl (C=O) groups is 3. The van der Waals surface area contributed by atoms with Gasteiger partial charge in [0.25, 0.3) is 5.91 Å². The minimum atomic E-state index is -1.11. The molecular formula is C20H28N2O6. The lowest BCUT2D eigenvalue weighted by Crippen LogP contribution is -2.51. The van der Waals surface area contributed by atoms with Crippen molar-refractivity contribution in [3.05, 3.63) is 29.8 Å². The number of benzene rings is 1. The Morgan fingerprint density at radius 1 is 1.25 bits per heavy atom. The average molecular weight is 392 g/mol. The van der Waals surface area contributed by atoms with Crippen LogP contribution in [0.4, 0.5) is 0 Å². The third-order valence-corrected chi connectivity index (χ3v) is 5.11. The molecule has 2 unspecified atom stereocenters. The van der Waals surface area contributed by atoms with E-state index in [0.29, 0.717) is 24.3 Å². The molecular weight excluding hydrogens is 364 g/mol. The Kier molecular flexibility index (Phi) is 7.01. The van der Waals surface area contributed by atoms with E-state index in [1.165, 1.54) is 19.1 Å². The van der Waals surface area contributed by atoms with Gasteiger partial charge in [0.2, 0.25) is 5.91 Å². The highest BCUT2D eigenvalue weighted by Crippen LogP contribution is 2.32. The molecule has 1 aliphatic heterocycles. The van der Waals surface area contributed by atoms with E-state index in [0.717, 1.165) is 0 Å². The van der Waals surface area contributed by atoms with Gasteiger partial charge in [-0.1, -0.05) is 26.0 Å². The summed E-state index contributed by atoms with van der Waals surface area (Å²) in [5.74, 6) is -1.44. The Hall–Kier alpha value is -2.61. The van der Waals surface area contributed by atoms with Crippen molar-refractivity contribution in [3.63, 3.8) is 0 Å². The molecule has 1 aliphatic rings. The first-order chi connectivity index (χ1) is 13.3. The molecule has 0 aromatic heterocycles. The SMILES string of the molecule is COCC1(C(=O)O)CCN(C(=O)C(NC(=O)c2ccccc2OC)C(C)C)C1. The van der Waals surface area contributed by atoms with Crippen LogP contribution < -0.4 is 10.1 Å². The number of carbonyl (C=O) groups excluding carboxylic acids is 2. The van der Waals surface area contributed by atoms with E-state index in [4.69, 9.17) is 9.47 Å². The maximum Gasteiger partial charge on any atom is 0.313 e. The molecule has 0 aliphatic carbocycles. The molecule has 8 heteroatoms. The van der Waals surface area contributed by atoms with Gasteiger partial charge >= 0.3 is 5.97 Å². The van der Waals surface area contributed by atoms with Crippen LogP contribution in [0.3, 0.4) is 0 Å². The topological polar surface area (TPSA) is 105 Å². The Morgan fingerprint density at radius 3 is 2.50 bits per heavy atom. The monoisotopic (exact) mass is 392 g/mol. The van der Waals surface area contributed by atoms with Gasteiger partial charge in [-0.15, -0.1) is 0 Å². The molecule has 2 N–H and O–H groups in total. The molecule has 8 nitrogen and oxygen atoms in total. The Bertz CT molecular complexity index is 735. The zero-order valence-electron chi connectivity index (χ0n) is 16.7.